The Labute approximate surface area is 120 Å². The largest absolute Gasteiger partial charge is 0.383 e. The minimum Gasteiger partial charge on any atom is -0.383 e. The third kappa shape index (κ3) is 5.30. The summed E-state index contributed by atoms with van der Waals surface area (Å²) in [5.74, 6) is -0.0229. The SMILES string of the molecule is COCCNC(=O)C(C)NCc1cnn(C(C)(C)C)c1. The van der Waals surface area contributed by atoms with Crippen molar-refractivity contribution in [1.82, 2.24) is 20.4 Å². The highest BCUT2D eigenvalue weighted by Crippen LogP contribution is 2.13. The van der Waals surface area contributed by atoms with Crippen molar-refractivity contribution in [2.45, 2.75) is 45.8 Å². The lowest BCUT2D eigenvalue weighted by Crippen LogP contribution is -2.42. The van der Waals surface area contributed by atoms with Crippen molar-refractivity contribution in [3.63, 3.8) is 0 Å². The lowest BCUT2D eigenvalue weighted by molar-refractivity contribution is -0.122. The van der Waals surface area contributed by atoms with E-state index in [0.717, 1.165) is 5.56 Å². The minimum absolute atomic E-state index is 0.0229. The van der Waals surface area contributed by atoms with Gasteiger partial charge in [-0.15, -0.1) is 0 Å². The number of amides is 1. The lowest BCUT2D eigenvalue weighted by Gasteiger charge is -2.18. The Morgan fingerprint density at radius 1 is 1.50 bits per heavy atom. The molecule has 0 aliphatic carbocycles. The quantitative estimate of drug-likeness (QED) is 0.729. The molecular formula is C14H26N4O2. The second-order valence-electron chi connectivity index (χ2n) is 5.85. The van der Waals surface area contributed by atoms with Crippen LogP contribution in [0.15, 0.2) is 12.4 Å². The Morgan fingerprint density at radius 3 is 2.75 bits per heavy atom. The zero-order valence-corrected chi connectivity index (χ0v) is 13.1. The highest BCUT2D eigenvalue weighted by Gasteiger charge is 2.15. The fourth-order valence-corrected chi connectivity index (χ4v) is 1.61. The predicted molar refractivity (Wildman–Crippen MR) is 78.4 cm³/mol. The molecule has 0 aliphatic rings. The van der Waals surface area contributed by atoms with Crippen LogP contribution in [0.4, 0.5) is 0 Å². The predicted octanol–water partition coefficient (Wildman–Crippen LogP) is 0.879. The van der Waals surface area contributed by atoms with Gasteiger partial charge in [0.05, 0.1) is 24.4 Å². The first-order valence-electron chi connectivity index (χ1n) is 6.88. The standard InChI is InChI=1S/C14H26N4O2/c1-11(13(19)15-6-7-20-5)16-8-12-9-17-18(10-12)14(2,3)4/h9-11,16H,6-8H2,1-5H3,(H,15,19). The van der Waals surface area contributed by atoms with E-state index in [2.05, 4.69) is 36.5 Å². The molecule has 2 N–H and O–H groups in total. The average molecular weight is 282 g/mol. The van der Waals surface area contributed by atoms with Gasteiger partial charge < -0.3 is 15.4 Å². The fourth-order valence-electron chi connectivity index (χ4n) is 1.61. The summed E-state index contributed by atoms with van der Waals surface area (Å²) in [6.45, 7) is 9.82. The molecule has 114 valence electrons. The summed E-state index contributed by atoms with van der Waals surface area (Å²) in [5, 5.41) is 10.3. The van der Waals surface area contributed by atoms with Gasteiger partial charge in [-0.05, 0) is 27.7 Å². The van der Waals surface area contributed by atoms with E-state index in [9.17, 15) is 4.79 Å². The van der Waals surface area contributed by atoms with Crippen molar-refractivity contribution in [2.75, 3.05) is 20.3 Å². The maximum atomic E-state index is 11.8. The highest BCUT2D eigenvalue weighted by molar-refractivity contribution is 5.81. The van der Waals surface area contributed by atoms with Gasteiger partial charge in [0.2, 0.25) is 5.91 Å². The summed E-state index contributed by atoms with van der Waals surface area (Å²) in [7, 11) is 1.61. The van der Waals surface area contributed by atoms with Crippen LogP contribution < -0.4 is 10.6 Å². The molecule has 20 heavy (non-hydrogen) atoms. The summed E-state index contributed by atoms with van der Waals surface area (Å²) in [4.78, 5) is 11.8. The van der Waals surface area contributed by atoms with Gasteiger partial charge >= 0.3 is 0 Å². The number of ether oxygens (including phenoxy) is 1. The van der Waals surface area contributed by atoms with Crippen LogP contribution in [-0.4, -0.2) is 42.0 Å². The molecule has 0 aliphatic heterocycles. The summed E-state index contributed by atoms with van der Waals surface area (Å²) in [5.41, 5.74) is 1.04. The number of hydrogen-bond acceptors (Lipinski definition) is 4. The van der Waals surface area contributed by atoms with Crippen LogP contribution in [0, 0.1) is 0 Å². The van der Waals surface area contributed by atoms with Crippen LogP contribution in [0.25, 0.3) is 0 Å². The molecule has 1 aromatic rings. The van der Waals surface area contributed by atoms with E-state index in [1.54, 1.807) is 7.11 Å². The van der Waals surface area contributed by atoms with E-state index in [1.807, 2.05) is 24.0 Å². The molecule has 0 bridgehead atoms. The average Bonchev–Trinajstić information content (AvgIpc) is 2.84. The maximum absolute atomic E-state index is 11.8. The number of rotatable bonds is 7. The molecule has 0 saturated heterocycles. The summed E-state index contributed by atoms with van der Waals surface area (Å²) < 4.78 is 6.81. The first kappa shape index (κ1) is 16.7. The van der Waals surface area contributed by atoms with Crippen LogP contribution in [0.5, 0.6) is 0 Å². The number of nitrogens with zero attached hydrogens (tertiary/aromatic N) is 2. The van der Waals surface area contributed by atoms with Gasteiger partial charge in [-0.1, -0.05) is 0 Å². The van der Waals surface area contributed by atoms with Gasteiger partial charge in [0.15, 0.2) is 0 Å². The van der Waals surface area contributed by atoms with Crippen molar-refractivity contribution in [1.29, 1.82) is 0 Å². The fraction of sp³-hybridized carbons (Fsp3) is 0.714. The van der Waals surface area contributed by atoms with E-state index < -0.39 is 0 Å². The highest BCUT2D eigenvalue weighted by atomic mass is 16.5. The monoisotopic (exact) mass is 282 g/mol. The topological polar surface area (TPSA) is 68.2 Å². The van der Waals surface area contributed by atoms with Crippen molar-refractivity contribution < 1.29 is 9.53 Å². The smallest absolute Gasteiger partial charge is 0.236 e. The van der Waals surface area contributed by atoms with Crippen molar-refractivity contribution in [3.8, 4) is 0 Å². The van der Waals surface area contributed by atoms with Gasteiger partial charge in [-0.25, -0.2) is 0 Å². The Balaban J connectivity index is 2.39. The molecule has 1 atom stereocenters. The number of carbonyl (C=O) groups excluding carboxylic acids is 1. The van der Waals surface area contributed by atoms with E-state index in [4.69, 9.17) is 4.74 Å². The first-order chi connectivity index (χ1) is 9.34. The Hall–Kier alpha value is -1.40. The molecule has 1 aromatic heterocycles. The minimum atomic E-state index is -0.246. The molecule has 1 rings (SSSR count). The molecule has 0 radical (unpaired) electrons. The van der Waals surface area contributed by atoms with E-state index in [-0.39, 0.29) is 17.5 Å². The van der Waals surface area contributed by atoms with Crippen LogP contribution in [0.2, 0.25) is 0 Å². The van der Waals surface area contributed by atoms with Crippen LogP contribution in [-0.2, 0) is 21.6 Å². The molecule has 1 amide bonds. The zero-order chi connectivity index (χ0) is 15.2. The van der Waals surface area contributed by atoms with Gasteiger partial charge in [-0.2, -0.15) is 5.10 Å². The summed E-state index contributed by atoms with van der Waals surface area (Å²) in [6, 6.07) is -0.246. The molecular weight excluding hydrogens is 256 g/mol. The van der Waals surface area contributed by atoms with E-state index in [0.29, 0.717) is 19.7 Å². The maximum Gasteiger partial charge on any atom is 0.236 e. The molecule has 0 saturated carbocycles. The normalized spacial score (nSPS) is 13.2. The molecule has 1 heterocycles. The molecule has 0 aromatic carbocycles. The Morgan fingerprint density at radius 2 is 2.20 bits per heavy atom. The van der Waals surface area contributed by atoms with Crippen molar-refractivity contribution >= 4 is 5.91 Å². The van der Waals surface area contributed by atoms with Gasteiger partial charge in [-0.3, -0.25) is 9.48 Å². The first-order valence-corrected chi connectivity index (χ1v) is 6.88. The zero-order valence-electron chi connectivity index (χ0n) is 13.1. The molecule has 0 spiro atoms. The Kier molecular flexibility index (Phi) is 6.16. The number of carbonyl (C=O) groups is 1. The third-order valence-corrected chi connectivity index (χ3v) is 2.93. The van der Waals surface area contributed by atoms with Crippen molar-refractivity contribution in [3.05, 3.63) is 18.0 Å². The van der Waals surface area contributed by atoms with E-state index >= 15 is 0 Å². The van der Waals surface area contributed by atoms with Gasteiger partial charge in [0.1, 0.15) is 0 Å². The number of hydrogen-bond donors (Lipinski definition) is 2. The van der Waals surface area contributed by atoms with Gasteiger partial charge in [0.25, 0.3) is 0 Å². The molecule has 0 fully saturated rings. The van der Waals surface area contributed by atoms with E-state index in [1.165, 1.54) is 0 Å². The lowest BCUT2D eigenvalue weighted by atomic mass is 10.1. The third-order valence-electron chi connectivity index (χ3n) is 2.93. The Bertz CT molecular complexity index is 423. The molecule has 1 unspecified atom stereocenters. The second-order valence-corrected chi connectivity index (χ2v) is 5.85. The van der Waals surface area contributed by atoms with Crippen LogP contribution >= 0.6 is 0 Å². The summed E-state index contributed by atoms with van der Waals surface area (Å²) >= 11 is 0. The summed E-state index contributed by atoms with van der Waals surface area (Å²) in [6.07, 6.45) is 3.83. The number of aromatic nitrogens is 2. The second kappa shape index (κ2) is 7.40. The molecule has 6 nitrogen and oxygen atoms in total. The van der Waals surface area contributed by atoms with Gasteiger partial charge in [0, 0.05) is 32.0 Å². The van der Waals surface area contributed by atoms with Crippen LogP contribution in [0.1, 0.15) is 33.3 Å². The van der Waals surface area contributed by atoms with Crippen LogP contribution in [0.3, 0.4) is 0 Å². The molecule has 6 heteroatoms. The number of nitrogens with one attached hydrogen (secondary N) is 2. The van der Waals surface area contributed by atoms with Crippen molar-refractivity contribution in [2.24, 2.45) is 0 Å². The number of methoxy groups -OCH3 is 1.